The highest BCUT2D eigenvalue weighted by atomic mass is 16.5. The van der Waals surface area contributed by atoms with Crippen LogP contribution in [0.5, 0.6) is 5.75 Å². The smallest absolute Gasteiger partial charge is 0.250 e. The van der Waals surface area contributed by atoms with Gasteiger partial charge in [-0.25, -0.2) is 4.68 Å². The summed E-state index contributed by atoms with van der Waals surface area (Å²) in [6.07, 6.45) is 3.18. The first-order valence-corrected chi connectivity index (χ1v) is 4.90. The molecule has 2 aromatic rings. The molecule has 6 nitrogen and oxygen atoms in total. The number of nitrogen functional groups attached to an aromatic ring is 1. The zero-order valence-corrected chi connectivity index (χ0v) is 9.25. The van der Waals surface area contributed by atoms with Crippen LogP contribution in [0.25, 0.3) is 5.69 Å². The van der Waals surface area contributed by atoms with Crippen molar-refractivity contribution in [2.75, 3.05) is 12.8 Å². The second-order valence-corrected chi connectivity index (χ2v) is 3.47. The van der Waals surface area contributed by atoms with Gasteiger partial charge in [-0.3, -0.25) is 4.79 Å². The topological polar surface area (TPSA) is 96.2 Å². The Bertz CT molecular complexity index is 562. The average Bonchev–Trinajstić information content (AvgIpc) is 2.76. The second kappa shape index (κ2) is 4.17. The van der Waals surface area contributed by atoms with E-state index in [9.17, 15) is 4.79 Å². The fraction of sp³-hybridized carbons (Fsp3) is 0.0909. The van der Waals surface area contributed by atoms with E-state index in [1.54, 1.807) is 24.4 Å². The van der Waals surface area contributed by atoms with Gasteiger partial charge in [0.25, 0.3) is 5.91 Å². The van der Waals surface area contributed by atoms with Gasteiger partial charge in [0.1, 0.15) is 0 Å². The van der Waals surface area contributed by atoms with Crippen LogP contribution in [0.4, 0.5) is 5.69 Å². The van der Waals surface area contributed by atoms with Gasteiger partial charge in [0.05, 0.1) is 30.8 Å². The van der Waals surface area contributed by atoms with Crippen LogP contribution in [0, 0.1) is 0 Å². The van der Waals surface area contributed by atoms with Crippen molar-refractivity contribution < 1.29 is 9.53 Å². The molecule has 0 saturated carbocycles. The number of hydrogen-bond acceptors (Lipinski definition) is 4. The van der Waals surface area contributed by atoms with Crippen molar-refractivity contribution in [3.63, 3.8) is 0 Å². The van der Waals surface area contributed by atoms with Gasteiger partial charge in [-0.05, 0) is 18.2 Å². The third-order valence-electron chi connectivity index (χ3n) is 2.33. The Labute approximate surface area is 97.8 Å². The SMILES string of the molecule is COc1cnn(-c2cc(N)ccc2C(N)=O)c1. The van der Waals surface area contributed by atoms with E-state index in [4.69, 9.17) is 16.2 Å². The minimum Gasteiger partial charge on any atom is -0.493 e. The van der Waals surface area contributed by atoms with Gasteiger partial charge in [-0.2, -0.15) is 5.10 Å². The standard InChI is InChI=1S/C11H12N4O2/c1-17-8-5-14-15(6-8)10-4-7(12)2-3-9(10)11(13)16/h2-6H,12H2,1H3,(H2,13,16). The lowest BCUT2D eigenvalue weighted by Crippen LogP contribution is -2.15. The minimum absolute atomic E-state index is 0.352. The fourth-order valence-corrected chi connectivity index (χ4v) is 1.49. The number of carbonyl (C=O) groups is 1. The number of amides is 1. The summed E-state index contributed by atoms with van der Waals surface area (Å²) >= 11 is 0. The van der Waals surface area contributed by atoms with Gasteiger partial charge in [-0.15, -0.1) is 0 Å². The number of carbonyl (C=O) groups excluding carboxylic acids is 1. The molecule has 1 aromatic carbocycles. The van der Waals surface area contributed by atoms with Crippen molar-refractivity contribution >= 4 is 11.6 Å². The molecule has 2 rings (SSSR count). The van der Waals surface area contributed by atoms with E-state index in [1.165, 1.54) is 18.0 Å². The Hall–Kier alpha value is -2.50. The lowest BCUT2D eigenvalue weighted by Gasteiger charge is -2.07. The van der Waals surface area contributed by atoms with Crippen LogP contribution in [0.2, 0.25) is 0 Å². The number of rotatable bonds is 3. The maximum atomic E-state index is 11.3. The van der Waals surface area contributed by atoms with Crippen LogP contribution in [0.15, 0.2) is 30.6 Å². The van der Waals surface area contributed by atoms with Gasteiger partial charge in [0.15, 0.2) is 5.75 Å². The Morgan fingerprint density at radius 1 is 1.47 bits per heavy atom. The lowest BCUT2D eigenvalue weighted by molar-refractivity contribution is 0.1000. The number of nitrogens with zero attached hydrogens (tertiary/aromatic N) is 2. The van der Waals surface area contributed by atoms with E-state index in [0.29, 0.717) is 22.7 Å². The van der Waals surface area contributed by atoms with Gasteiger partial charge in [-0.1, -0.05) is 0 Å². The molecule has 0 fully saturated rings. The predicted octanol–water partition coefficient (Wildman–Crippen LogP) is 0.562. The highest BCUT2D eigenvalue weighted by molar-refractivity contribution is 5.97. The minimum atomic E-state index is -0.533. The molecule has 0 aliphatic rings. The first kappa shape index (κ1) is 11.0. The van der Waals surface area contributed by atoms with Crippen LogP contribution in [-0.2, 0) is 0 Å². The monoisotopic (exact) mass is 232 g/mol. The molecular formula is C11H12N4O2. The summed E-state index contributed by atoms with van der Waals surface area (Å²) in [4.78, 5) is 11.3. The summed E-state index contributed by atoms with van der Waals surface area (Å²) in [6, 6.07) is 4.82. The maximum Gasteiger partial charge on any atom is 0.250 e. The lowest BCUT2D eigenvalue weighted by atomic mass is 10.1. The molecule has 6 heteroatoms. The van der Waals surface area contributed by atoms with Crippen LogP contribution in [0.1, 0.15) is 10.4 Å². The Balaban J connectivity index is 2.56. The van der Waals surface area contributed by atoms with Crippen molar-refractivity contribution in [1.82, 2.24) is 9.78 Å². The zero-order valence-electron chi connectivity index (χ0n) is 9.25. The van der Waals surface area contributed by atoms with E-state index >= 15 is 0 Å². The summed E-state index contributed by atoms with van der Waals surface area (Å²) in [6.45, 7) is 0. The number of ether oxygens (including phenoxy) is 1. The molecule has 0 atom stereocenters. The maximum absolute atomic E-state index is 11.3. The molecule has 4 N–H and O–H groups in total. The molecule has 17 heavy (non-hydrogen) atoms. The summed E-state index contributed by atoms with van der Waals surface area (Å²) < 4.78 is 6.51. The van der Waals surface area contributed by atoms with Gasteiger partial charge < -0.3 is 16.2 Å². The van der Waals surface area contributed by atoms with Crippen molar-refractivity contribution in [1.29, 1.82) is 0 Å². The third kappa shape index (κ3) is 2.05. The van der Waals surface area contributed by atoms with Gasteiger partial charge in [0.2, 0.25) is 0 Å². The van der Waals surface area contributed by atoms with Crippen LogP contribution < -0.4 is 16.2 Å². The van der Waals surface area contributed by atoms with E-state index in [-0.39, 0.29) is 0 Å². The van der Waals surface area contributed by atoms with E-state index < -0.39 is 5.91 Å². The van der Waals surface area contributed by atoms with Crippen LogP contribution >= 0.6 is 0 Å². The molecular weight excluding hydrogens is 220 g/mol. The normalized spacial score (nSPS) is 10.2. The van der Waals surface area contributed by atoms with Gasteiger partial charge >= 0.3 is 0 Å². The summed E-state index contributed by atoms with van der Waals surface area (Å²) in [5.74, 6) is 0.0531. The van der Waals surface area contributed by atoms with Crippen LogP contribution in [-0.4, -0.2) is 22.8 Å². The van der Waals surface area contributed by atoms with Crippen molar-refractivity contribution in [2.24, 2.45) is 5.73 Å². The van der Waals surface area contributed by atoms with E-state index in [2.05, 4.69) is 5.10 Å². The van der Waals surface area contributed by atoms with Crippen molar-refractivity contribution in [3.05, 3.63) is 36.2 Å². The predicted molar refractivity (Wildman–Crippen MR) is 63.0 cm³/mol. The van der Waals surface area contributed by atoms with E-state index in [1.807, 2.05) is 0 Å². The largest absolute Gasteiger partial charge is 0.493 e. The first-order chi connectivity index (χ1) is 8.11. The molecule has 0 aliphatic carbocycles. The highest BCUT2D eigenvalue weighted by Gasteiger charge is 2.11. The quantitative estimate of drug-likeness (QED) is 0.756. The Kier molecular flexibility index (Phi) is 2.70. The molecule has 88 valence electrons. The number of hydrogen-bond donors (Lipinski definition) is 2. The highest BCUT2D eigenvalue weighted by Crippen LogP contribution is 2.19. The summed E-state index contributed by atoms with van der Waals surface area (Å²) in [7, 11) is 1.54. The third-order valence-corrected chi connectivity index (χ3v) is 2.33. The molecule has 0 spiro atoms. The zero-order chi connectivity index (χ0) is 12.4. The number of anilines is 1. The summed E-state index contributed by atoms with van der Waals surface area (Å²) in [5, 5.41) is 4.07. The first-order valence-electron chi connectivity index (χ1n) is 4.90. The molecule has 1 aromatic heterocycles. The number of primary amides is 1. The molecule has 0 radical (unpaired) electrons. The number of methoxy groups -OCH3 is 1. The van der Waals surface area contributed by atoms with Crippen LogP contribution in [0.3, 0.4) is 0 Å². The Morgan fingerprint density at radius 3 is 2.82 bits per heavy atom. The van der Waals surface area contributed by atoms with Crippen molar-refractivity contribution in [2.45, 2.75) is 0 Å². The second-order valence-electron chi connectivity index (χ2n) is 3.47. The Morgan fingerprint density at radius 2 is 2.24 bits per heavy atom. The number of nitrogens with two attached hydrogens (primary N) is 2. The molecule has 0 saturated heterocycles. The number of aromatic nitrogens is 2. The van der Waals surface area contributed by atoms with Crippen molar-refractivity contribution in [3.8, 4) is 11.4 Å². The fourth-order valence-electron chi connectivity index (χ4n) is 1.49. The van der Waals surface area contributed by atoms with Gasteiger partial charge in [0, 0.05) is 5.69 Å². The molecule has 0 aliphatic heterocycles. The molecule has 0 bridgehead atoms. The molecule has 1 heterocycles. The average molecular weight is 232 g/mol. The molecule has 0 unspecified atom stereocenters. The molecule has 1 amide bonds. The van der Waals surface area contributed by atoms with E-state index in [0.717, 1.165) is 0 Å². The summed E-state index contributed by atoms with van der Waals surface area (Å²) in [5.41, 5.74) is 12.4. The number of benzene rings is 1.